The number of esters is 1. The summed E-state index contributed by atoms with van der Waals surface area (Å²) in [6.45, 7) is 5.63. The molecular formula is C19H23F3N4O3S2. The molecule has 2 aromatic heterocycles. The van der Waals surface area contributed by atoms with Gasteiger partial charge < -0.3 is 14.6 Å². The maximum Gasteiger partial charge on any atom is 0.451 e. The van der Waals surface area contributed by atoms with Gasteiger partial charge in [0, 0.05) is 11.9 Å². The van der Waals surface area contributed by atoms with Crippen molar-refractivity contribution in [2.45, 2.75) is 56.6 Å². The Labute approximate surface area is 185 Å². The zero-order chi connectivity index (χ0) is 22.9. The van der Waals surface area contributed by atoms with E-state index in [0.717, 1.165) is 46.0 Å². The molecule has 1 aliphatic carbocycles. The van der Waals surface area contributed by atoms with Crippen LogP contribution in [0.2, 0.25) is 0 Å². The fourth-order valence-corrected chi connectivity index (χ4v) is 5.56. The van der Waals surface area contributed by atoms with E-state index in [1.807, 2.05) is 0 Å². The van der Waals surface area contributed by atoms with Crippen LogP contribution in [-0.4, -0.2) is 38.5 Å². The van der Waals surface area contributed by atoms with Crippen molar-refractivity contribution in [1.82, 2.24) is 14.8 Å². The van der Waals surface area contributed by atoms with E-state index in [4.69, 9.17) is 4.74 Å². The van der Waals surface area contributed by atoms with Gasteiger partial charge in [-0.15, -0.1) is 21.5 Å². The Morgan fingerprint density at radius 2 is 2.10 bits per heavy atom. The molecule has 2 heterocycles. The van der Waals surface area contributed by atoms with Crippen molar-refractivity contribution in [3.8, 4) is 0 Å². The molecule has 31 heavy (non-hydrogen) atoms. The molecule has 2 atom stereocenters. The number of aromatic nitrogens is 3. The zero-order valence-electron chi connectivity index (χ0n) is 17.5. The fraction of sp³-hybridized carbons (Fsp3) is 0.579. The molecule has 12 heteroatoms. The average molecular weight is 477 g/mol. The van der Waals surface area contributed by atoms with Gasteiger partial charge >= 0.3 is 12.1 Å². The second kappa shape index (κ2) is 9.19. The van der Waals surface area contributed by atoms with Gasteiger partial charge in [-0.25, -0.2) is 4.79 Å². The summed E-state index contributed by atoms with van der Waals surface area (Å²) < 4.78 is 44.7. The SMILES string of the molecule is CCOC(=O)c1c(NC(=O)[C@@H](C)Sc2nnc(C(F)(F)F)n2C)sc2c1CC[C@@H](C)C2. The van der Waals surface area contributed by atoms with Crippen LogP contribution in [0.15, 0.2) is 5.16 Å². The molecule has 170 valence electrons. The van der Waals surface area contributed by atoms with Crippen molar-refractivity contribution in [2.75, 3.05) is 11.9 Å². The quantitative estimate of drug-likeness (QED) is 0.494. The number of hydrogen-bond acceptors (Lipinski definition) is 7. The number of hydrogen-bond donors (Lipinski definition) is 1. The van der Waals surface area contributed by atoms with Gasteiger partial charge in [-0.1, -0.05) is 18.7 Å². The molecular weight excluding hydrogens is 453 g/mol. The van der Waals surface area contributed by atoms with E-state index in [1.54, 1.807) is 13.8 Å². The normalized spacial score (nSPS) is 17.2. The van der Waals surface area contributed by atoms with Crippen LogP contribution in [0.25, 0.3) is 0 Å². The second-order valence-electron chi connectivity index (χ2n) is 7.39. The molecule has 1 amide bonds. The molecule has 0 unspecified atom stereocenters. The van der Waals surface area contributed by atoms with Gasteiger partial charge in [0.2, 0.25) is 11.7 Å². The number of carbonyl (C=O) groups excluding carboxylic acids is 2. The number of nitrogens with one attached hydrogen (secondary N) is 1. The van der Waals surface area contributed by atoms with E-state index in [0.29, 0.717) is 16.5 Å². The number of ether oxygens (including phenoxy) is 1. The van der Waals surface area contributed by atoms with Crippen LogP contribution < -0.4 is 5.32 Å². The lowest BCUT2D eigenvalue weighted by Gasteiger charge is -2.18. The van der Waals surface area contributed by atoms with Gasteiger partial charge in [0.05, 0.1) is 17.4 Å². The summed E-state index contributed by atoms with van der Waals surface area (Å²) in [5.41, 5.74) is 1.30. The Morgan fingerprint density at radius 3 is 2.71 bits per heavy atom. The molecule has 1 aliphatic rings. The minimum absolute atomic E-state index is 0.0279. The molecule has 0 aromatic carbocycles. The van der Waals surface area contributed by atoms with E-state index < -0.39 is 29.1 Å². The number of anilines is 1. The lowest BCUT2D eigenvalue weighted by atomic mass is 9.88. The summed E-state index contributed by atoms with van der Waals surface area (Å²) in [6, 6.07) is 0. The molecule has 0 fully saturated rings. The first-order valence-electron chi connectivity index (χ1n) is 9.78. The van der Waals surface area contributed by atoms with Crippen molar-refractivity contribution >= 4 is 40.0 Å². The third-order valence-corrected chi connectivity index (χ3v) is 7.27. The number of nitrogens with zero attached hydrogens (tertiary/aromatic N) is 3. The zero-order valence-corrected chi connectivity index (χ0v) is 19.1. The number of carbonyl (C=O) groups is 2. The number of alkyl halides is 3. The Balaban J connectivity index is 1.80. The Hall–Kier alpha value is -2.08. The van der Waals surface area contributed by atoms with Gasteiger partial charge in [-0.3, -0.25) is 4.79 Å². The first kappa shape index (κ1) is 23.6. The molecule has 0 saturated heterocycles. The van der Waals surface area contributed by atoms with Gasteiger partial charge in [-0.05, 0) is 44.6 Å². The fourth-order valence-electron chi connectivity index (χ4n) is 3.35. The van der Waals surface area contributed by atoms with E-state index >= 15 is 0 Å². The van der Waals surface area contributed by atoms with Crippen LogP contribution in [0.1, 0.15) is 53.8 Å². The van der Waals surface area contributed by atoms with E-state index in [-0.39, 0.29) is 11.8 Å². The van der Waals surface area contributed by atoms with E-state index in [1.165, 1.54) is 18.4 Å². The van der Waals surface area contributed by atoms with Crippen molar-refractivity contribution in [2.24, 2.45) is 13.0 Å². The smallest absolute Gasteiger partial charge is 0.451 e. The molecule has 0 bridgehead atoms. The van der Waals surface area contributed by atoms with Gasteiger partial charge in [-0.2, -0.15) is 13.2 Å². The van der Waals surface area contributed by atoms with E-state index in [9.17, 15) is 22.8 Å². The summed E-state index contributed by atoms with van der Waals surface area (Å²) in [5.74, 6) is -1.57. The van der Waals surface area contributed by atoms with Crippen LogP contribution in [0.5, 0.6) is 0 Å². The number of halogens is 3. The largest absolute Gasteiger partial charge is 0.462 e. The van der Waals surface area contributed by atoms with Crippen molar-refractivity contribution in [1.29, 1.82) is 0 Å². The number of amides is 1. The molecule has 7 nitrogen and oxygen atoms in total. The van der Waals surface area contributed by atoms with E-state index in [2.05, 4.69) is 22.4 Å². The van der Waals surface area contributed by atoms with Crippen LogP contribution in [0, 0.1) is 5.92 Å². The van der Waals surface area contributed by atoms with Crippen molar-refractivity contribution in [3.63, 3.8) is 0 Å². The minimum Gasteiger partial charge on any atom is -0.462 e. The van der Waals surface area contributed by atoms with Gasteiger partial charge in [0.15, 0.2) is 5.16 Å². The molecule has 0 saturated carbocycles. The first-order chi connectivity index (χ1) is 14.5. The number of thiophene rings is 1. The molecule has 0 spiro atoms. The predicted octanol–water partition coefficient (Wildman–Crippen LogP) is 4.32. The highest BCUT2D eigenvalue weighted by Gasteiger charge is 2.38. The summed E-state index contributed by atoms with van der Waals surface area (Å²) in [5, 5.41) is 9.12. The van der Waals surface area contributed by atoms with Crippen LogP contribution in [0.3, 0.4) is 0 Å². The van der Waals surface area contributed by atoms with Crippen molar-refractivity contribution in [3.05, 3.63) is 21.8 Å². The highest BCUT2D eigenvalue weighted by Crippen LogP contribution is 2.40. The minimum atomic E-state index is -4.63. The predicted molar refractivity (Wildman–Crippen MR) is 111 cm³/mol. The maximum absolute atomic E-state index is 12.9. The third-order valence-electron chi connectivity index (χ3n) is 4.97. The van der Waals surface area contributed by atoms with Crippen molar-refractivity contribution < 1.29 is 27.5 Å². The van der Waals surface area contributed by atoms with Gasteiger partial charge in [0.25, 0.3) is 0 Å². The third kappa shape index (κ3) is 5.05. The number of rotatable bonds is 6. The maximum atomic E-state index is 12.9. The Kier molecular flexibility index (Phi) is 6.99. The molecule has 1 N–H and O–H groups in total. The monoisotopic (exact) mass is 476 g/mol. The highest BCUT2D eigenvalue weighted by atomic mass is 32.2. The lowest BCUT2D eigenvalue weighted by Crippen LogP contribution is -2.24. The molecule has 3 rings (SSSR count). The van der Waals surface area contributed by atoms with Gasteiger partial charge in [0.1, 0.15) is 5.00 Å². The summed E-state index contributed by atoms with van der Waals surface area (Å²) in [7, 11) is 1.20. The number of fused-ring (bicyclic) bond motifs is 1. The van der Waals surface area contributed by atoms with Crippen LogP contribution in [0.4, 0.5) is 18.2 Å². The molecule has 2 aromatic rings. The van der Waals surface area contributed by atoms with Crippen LogP contribution >= 0.6 is 23.1 Å². The Morgan fingerprint density at radius 1 is 1.39 bits per heavy atom. The second-order valence-corrected chi connectivity index (χ2v) is 9.80. The summed E-state index contributed by atoms with van der Waals surface area (Å²) in [6.07, 6.45) is -2.12. The standard InChI is InChI=1S/C19H23F3N4O3S2/c1-5-29-16(28)13-11-7-6-9(2)8-12(11)31-15(13)23-14(27)10(3)30-18-25-24-17(26(18)4)19(20,21)22/h9-10H,5-8H2,1-4H3,(H,23,27)/t9-,10-/m1/s1. The van der Waals surface area contributed by atoms with Crippen LogP contribution in [-0.2, 0) is 35.6 Å². The Bertz CT molecular complexity index is 987. The number of thioether (sulfide) groups is 1. The molecule has 0 radical (unpaired) electrons. The highest BCUT2D eigenvalue weighted by molar-refractivity contribution is 8.00. The summed E-state index contributed by atoms with van der Waals surface area (Å²) >= 11 is 2.22. The first-order valence-corrected chi connectivity index (χ1v) is 11.5. The average Bonchev–Trinajstić information content (AvgIpc) is 3.21. The topological polar surface area (TPSA) is 86.1 Å². The lowest BCUT2D eigenvalue weighted by molar-refractivity contribution is -0.147. The molecule has 0 aliphatic heterocycles. The summed E-state index contributed by atoms with van der Waals surface area (Å²) in [4.78, 5) is 26.4.